The number of benzene rings is 1. The number of ether oxygens (including phenoxy) is 1. The highest BCUT2D eigenvalue weighted by Gasteiger charge is 2.14. The van der Waals surface area contributed by atoms with Gasteiger partial charge in [0, 0.05) is 6.61 Å². The molecule has 0 amide bonds. The molecule has 0 spiro atoms. The van der Waals surface area contributed by atoms with Crippen molar-refractivity contribution in [2.45, 2.75) is 10.8 Å². The first-order valence-corrected chi connectivity index (χ1v) is 10.1. The second-order valence-electron chi connectivity index (χ2n) is 5.43. The zero-order chi connectivity index (χ0) is 19.3. The molecule has 0 unspecified atom stereocenters. The third kappa shape index (κ3) is 4.73. The molecule has 6 nitrogen and oxygen atoms in total. The maximum atomic E-state index is 12.1. The highest BCUT2D eigenvalue weighted by molar-refractivity contribution is 7.92. The number of nitrogens with zero attached hydrogens (tertiary/aromatic N) is 2. The van der Waals surface area contributed by atoms with E-state index in [4.69, 9.17) is 10.00 Å². The maximum absolute atomic E-state index is 12.1. The van der Waals surface area contributed by atoms with Gasteiger partial charge in [-0.1, -0.05) is 30.4 Å². The van der Waals surface area contributed by atoms with Crippen molar-refractivity contribution in [1.82, 2.24) is 0 Å². The zero-order valence-corrected chi connectivity index (χ0v) is 15.5. The van der Waals surface area contributed by atoms with Crippen LogP contribution in [0.3, 0.4) is 0 Å². The number of hydrogen-bond acceptors (Lipinski definition) is 6. The predicted molar refractivity (Wildman–Crippen MR) is 100 cm³/mol. The molecule has 1 heterocycles. The average molecular weight is 397 g/mol. The van der Waals surface area contributed by atoms with Gasteiger partial charge < -0.3 is 9.84 Å². The van der Waals surface area contributed by atoms with Gasteiger partial charge in [0.15, 0.2) is 0 Å². The topological polar surface area (TPSA) is 103 Å². The largest absolute Gasteiger partial charge is 0.608 e. The Hall–Kier alpha value is -3.15. The van der Waals surface area contributed by atoms with Crippen molar-refractivity contribution >= 4 is 27.1 Å². The van der Waals surface area contributed by atoms with E-state index in [0.29, 0.717) is 5.56 Å². The van der Waals surface area contributed by atoms with Crippen LogP contribution in [-0.2, 0) is 21.4 Å². The summed E-state index contributed by atoms with van der Waals surface area (Å²) >= 11 is 1.09. The standard InChI is InChI=1S/C19H14N2O4S2/c20-12-14-3-5-15(6-4-14)13-25-19(22)16-7-9-17(10-8-16)21-27(23,24)18-2-1-11-26-18/h1-11,22H,13H2/p-1. The predicted octanol–water partition coefficient (Wildman–Crippen LogP) is 2.66. The highest BCUT2D eigenvalue weighted by atomic mass is 32.2. The Labute approximate surface area is 160 Å². The van der Waals surface area contributed by atoms with Gasteiger partial charge in [0.25, 0.3) is 10.0 Å². The number of allylic oxidation sites excluding steroid dienone is 5. The number of rotatable bonds is 5. The molecule has 0 bridgehead atoms. The zero-order valence-electron chi connectivity index (χ0n) is 13.9. The highest BCUT2D eigenvalue weighted by Crippen LogP contribution is 2.20. The summed E-state index contributed by atoms with van der Waals surface area (Å²) in [5.41, 5.74) is 1.81. The fourth-order valence-electron chi connectivity index (χ4n) is 2.16. The monoisotopic (exact) mass is 397 g/mol. The molecule has 2 aromatic rings. The smallest absolute Gasteiger partial charge is 0.292 e. The van der Waals surface area contributed by atoms with Crippen LogP contribution in [0.1, 0.15) is 11.1 Å². The summed E-state index contributed by atoms with van der Waals surface area (Å²) in [6.45, 7) is 0.0728. The fourth-order valence-corrected chi connectivity index (χ4v) is 4.11. The molecule has 0 N–H and O–H groups in total. The molecule has 1 aromatic carbocycles. The molecule has 0 saturated carbocycles. The van der Waals surface area contributed by atoms with Gasteiger partial charge in [0.1, 0.15) is 4.21 Å². The molecule has 8 heteroatoms. The van der Waals surface area contributed by atoms with Crippen LogP contribution in [0.2, 0.25) is 0 Å². The van der Waals surface area contributed by atoms with Crippen LogP contribution in [0.25, 0.3) is 0 Å². The lowest BCUT2D eigenvalue weighted by Crippen LogP contribution is -2.12. The van der Waals surface area contributed by atoms with Gasteiger partial charge in [-0.25, -0.2) is 0 Å². The van der Waals surface area contributed by atoms with Crippen molar-refractivity contribution in [3.05, 3.63) is 88.7 Å². The van der Waals surface area contributed by atoms with Crippen molar-refractivity contribution < 1.29 is 18.3 Å². The third-order valence-electron chi connectivity index (χ3n) is 3.53. The number of thiophene rings is 1. The van der Waals surface area contributed by atoms with Crippen molar-refractivity contribution in [1.29, 1.82) is 5.26 Å². The lowest BCUT2D eigenvalue weighted by Gasteiger charge is -2.18. The van der Waals surface area contributed by atoms with Gasteiger partial charge >= 0.3 is 0 Å². The van der Waals surface area contributed by atoms with Crippen molar-refractivity contribution in [2.24, 2.45) is 4.40 Å². The van der Waals surface area contributed by atoms with Gasteiger partial charge in [0.05, 0.1) is 23.3 Å². The van der Waals surface area contributed by atoms with E-state index in [-0.39, 0.29) is 22.1 Å². The summed E-state index contributed by atoms with van der Waals surface area (Å²) in [6.07, 6.45) is 5.82. The Bertz CT molecular complexity index is 1070. The minimum Gasteiger partial charge on any atom is -0.608 e. The molecule has 136 valence electrons. The summed E-state index contributed by atoms with van der Waals surface area (Å²) in [5, 5.41) is 22.5. The SMILES string of the molecule is N#Cc1ccc(COC([O-])=C2C=CC(=NS(=O)(=O)c3cccs3)C=C2)cc1. The molecule has 0 saturated heterocycles. The first-order chi connectivity index (χ1) is 13.0. The summed E-state index contributed by atoms with van der Waals surface area (Å²) in [7, 11) is -3.75. The van der Waals surface area contributed by atoms with E-state index in [1.807, 2.05) is 6.07 Å². The van der Waals surface area contributed by atoms with Crippen LogP contribution in [0.15, 0.2) is 86.2 Å². The molecular weight excluding hydrogens is 384 g/mol. The van der Waals surface area contributed by atoms with Crippen LogP contribution in [0, 0.1) is 11.3 Å². The molecule has 27 heavy (non-hydrogen) atoms. The minimum absolute atomic E-state index is 0.0728. The van der Waals surface area contributed by atoms with Crippen LogP contribution in [-0.4, -0.2) is 14.1 Å². The maximum Gasteiger partial charge on any atom is 0.292 e. The summed E-state index contributed by atoms with van der Waals surface area (Å²) < 4.78 is 33.4. The first kappa shape index (κ1) is 18.6. The van der Waals surface area contributed by atoms with Gasteiger partial charge in [-0.3, -0.25) is 0 Å². The van der Waals surface area contributed by atoms with E-state index in [9.17, 15) is 13.5 Å². The Kier molecular flexibility index (Phi) is 5.54. The number of sulfonamides is 1. The Morgan fingerprint density at radius 3 is 2.44 bits per heavy atom. The lowest BCUT2D eigenvalue weighted by molar-refractivity contribution is -0.360. The van der Waals surface area contributed by atoms with Crippen LogP contribution in [0.5, 0.6) is 0 Å². The molecule has 1 aromatic heterocycles. The van der Waals surface area contributed by atoms with Gasteiger partial charge in [-0.15, -0.1) is 11.3 Å². The summed E-state index contributed by atoms with van der Waals surface area (Å²) in [4.78, 5) is 0. The molecule has 1 aliphatic rings. The lowest BCUT2D eigenvalue weighted by atomic mass is 10.1. The normalized spacial score (nSPS) is 13.3. The molecule has 1 aliphatic carbocycles. The Morgan fingerprint density at radius 1 is 1.15 bits per heavy atom. The van der Waals surface area contributed by atoms with Gasteiger partial charge in [-0.05, 0) is 46.9 Å². The summed E-state index contributed by atoms with van der Waals surface area (Å²) in [5.74, 6) is -0.535. The van der Waals surface area contributed by atoms with Crippen molar-refractivity contribution in [2.75, 3.05) is 0 Å². The fraction of sp³-hybridized carbons (Fsp3) is 0.0526. The van der Waals surface area contributed by atoms with Gasteiger partial charge in [0.2, 0.25) is 0 Å². The Balaban J connectivity index is 1.67. The summed E-state index contributed by atoms with van der Waals surface area (Å²) in [6, 6.07) is 11.9. The van der Waals surface area contributed by atoms with E-state index in [2.05, 4.69) is 4.40 Å². The second-order valence-corrected chi connectivity index (χ2v) is 8.21. The van der Waals surface area contributed by atoms with Gasteiger partial charge in [-0.2, -0.15) is 18.1 Å². The van der Waals surface area contributed by atoms with Crippen LogP contribution < -0.4 is 5.11 Å². The van der Waals surface area contributed by atoms with Crippen molar-refractivity contribution in [3.8, 4) is 6.07 Å². The average Bonchev–Trinajstić information content (AvgIpc) is 3.23. The quantitative estimate of drug-likeness (QED) is 0.722. The molecular formula is C19H13N2O4S2-. The van der Waals surface area contributed by atoms with Crippen molar-refractivity contribution in [3.63, 3.8) is 0 Å². The first-order valence-electron chi connectivity index (χ1n) is 7.76. The second kappa shape index (κ2) is 8.03. The Morgan fingerprint density at radius 2 is 1.85 bits per heavy atom. The van der Waals surface area contributed by atoms with E-state index in [1.165, 1.54) is 30.4 Å². The molecule has 0 aliphatic heterocycles. The molecule has 0 fully saturated rings. The molecule has 0 radical (unpaired) electrons. The molecule has 3 rings (SSSR count). The number of hydrogen-bond donors (Lipinski definition) is 0. The van der Waals surface area contributed by atoms with E-state index >= 15 is 0 Å². The van der Waals surface area contributed by atoms with E-state index in [0.717, 1.165) is 16.9 Å². The van der Waals surface area contributed by atoms with Crippen LogP contribution >= 0.6 is 11.3 Å². The third-order valence-corrected chi connectivity index (χ3v) is 6.21. The minimum atomic E-state index is -3.75. The van der Waals surface area contributed by atoms with E-state index in [1.54, 1.807) is 35.7 Å². The number of nitriles is 1. The van der Waals surface area contributed by atoms with E-state index < -0.39 is 16.0 Å². The molecule has 0 atom stereocenters. The van der Waals surface area contributed by atoms with Crippen LogP contribution in [0.4, 0.5) is 0 Å².